The number of fused-ring (bicyclic) bond motifs is 1. The Morgan fingerprint density at radius 1 is 1.18 bits per heavy atom. The van der Waals surface area contributed by atoms with Crippen molar-refractivity contribution in [1.82, 2.24) is 10.3 Å². The molecular formula is C22H23N3O2S. The third-order valence-corrected chi connectivity index (χ3v) is 4.55. The van der Waals surface area contributed by atoms with Crippen molar-refractivity contribution in [2.45, 2.75) is 33.3 Å². The molecule has 0 unspecified atom stereocenters. The van der Waals surface area contributed by atoms with Crippen LogP contribution in [-0.2, 0) is 0 Å². The zero-order valence-electron chi connectivity index (χ0n) is 16.2. The SMILES string of the molecule is CC[C@H](C)Oc1cccc(C(=O)NC(=S)Nc2cccc3ccc(C)nc23)c1. The molecule has 0 aliphatic heterocycles. The monoisotopic (exact) mass is 393 g/mol. The van der Waals surface area contributed by atoms with Crippen molar-refractivity contribution in [3.63, 3.8) is 0 Å². The van der Waals surface area contributed by atoms with E-state index in [4.69, 9.17) is 17.0 Å². The molecule has 1 aromatic heterocycles. The molecule has 3 aromatic rings. The summed E-state index contributed by atoms with van der Waals surface area (Å²) in [5.74, 6) is 0.367. The number of anilines is 1. The first-order valence-corrected chi connectivity index (χ1v) is 9.62. The first kappa shape index (κ1) is 19.8. The van der Waals surface area contributed by atoms with Gasteiger partial charge in [-0.15, -0.1) is 0 Å². The predicted octanol–water partition coefficient (Wildman–Crippen LogP) is 4.85. The number of nitrogens with one attached hydrogen (secondary N) is 2. The summed E-state index contributed by atoms with van der Waals surface area (Å²) < 4.78 is 5.78. The maximum absolute atomic E-state index is 12.6. The number of aryl methyl sites for hydroxylation is 1. The number of hydrogen-bond acceptors (Lipinski definition) is 4. The van der Waals surface area contributed by atoms with E-state index >= 15 is 0 Å². The topological polar surface area (TPSA) is 63.2 Å². The molecule has 28 heavy (non-hydrogen) atoms. The minimum absolute atomic E-state index is 0.0865. The summed E-state index contributed by atoms with van der Waals surface area (Å²) in [5, 5.41) is 7.01. The standard InChI is InChI=1S/C22H23N3O2S/c1-4-15(3)27-18-9-5-8-17(13-18)21(26)25-22(28)24-19-10-6-7-16-12-11-14(2)23-20(16)19/h5-13,15H,4H2,1-3H3,(H2,24,25,26,28)/t15-/m0/s1. The molecule has 0 aliphatic rings. The van der Waals surface area contributed by atoms with Crippen molar-refractivity contribution in [2.24, 2.45) is 0 Å². The minimum atomic E-state index is -0.295. The van der Waals surface area contributed by atoms with E-state index in [0.717, 1.165) is 28.7 Å². The average Bonchev–Trinajstić information content (AvgIpc) is 2.68. The van der Waals surface area contributed by atoms with Crippen molar-refractivity contribution >= 4 is 39.8 Å². The fourth-order valence-corrected chi connectivity index (χ4v) is 2.90. The van der Waals surface area contributed by atoms with Crippen LogP contribution in [0.3, 0.4) is 0 Å². The molecule has 0 spiro atoms. The predicted molar refractivity (Wildman–Crippen MR) is 117 cm³/mol. The molecule has 6 heteroatoms. The maximum Gasteiger partial charge on any atom is 0.257 e. The van der Waals surface area contributed by atoms with Gasteiger partial charge in [-0.1, -0.05) is 31.2 Å². The van der Waals surface area contributed by atoms with Gasteiger partial charge >= 0.3 is 0 Å². The summed E-state index contributed by atoms with van der Waals surface area (Å²) in [6.45, 7) is 5.98. The molecule has 1 atom stereocenters. The number of carbonyl (C=O) groups is 1. The highest BCUT2D eigenvalue weighted by atomic mass is 32.1. The third kappa shape index (κ3) is 4.84. The van der Waals surface area contributed by atoms with Crippen LogP contribution in [0.1, 0.15) is 36.3 Å². The van der Waals surface area contributed by atoms with Crippen LogP contribution in [0.4, 0.5) is 5.69 Å². The highest BCUT2D eigenvalue weighted by molar-refractivity contribution is 7.80. The second-order valence-corrected chi connectivity index (χ2v) is 7.01. The van der Waals surface area contributed by atoms with E-state index in [1.165, 1.54) is 0 Å². The van der Waals surface area contributed by atoms with E-state index in [-0.39, 0.29) is 17.1 Å². The van der Waals surface area contributed by atoms with Crippen LogP contribution in [0.15, 0.2) is 54.6 Å². The number of ether oxygens (including phenoxy) is 1. The van der Waals surface area contributed by atoms with Crippen LogP contribution in [-0.4, -0.2) is 22.1 Å². The number of amides is 1. The number of nitrogens with zero attached hydrogens (tertiary/aromatic N) is 1. The molecular weight excluding hydrogens is 370 g/mol. The lowest BCUT2D eigenvalue weighted by molar-refractivity contribution is 0.0977. The first-order valence-electron chi connectivity index (χ1n) is 9.21. The largest absolute Gasteiger partial charge is 0.491 e. The number of rotatable bonds is 5. The van der Waals surface area contributed by atoms with Crippen molar-refractivity contribution in [1.29, 1.82) is 0 Å². The van der Waals surface area contributed by atoms with Crippen molar-refractivity contribution in [2.75, 3.05) is 5.32 Å². The quantitative estimate of drug-likeness (QED) is 0.607. The minimum Gasteiger partial charge on any atom is -0.491 e. The van der Waals surface area contributed by atoms with E-state index in [1.807, 2.05) is 50.2 Å². The van der Waals surface area contributed by atoms with E-state index in [2.05, 4.69) is 22.5 Å². The van der Waals surface area contributed by atoms with Gasteiger partial charge in [-0.05, 0) is 62.8 Å². The number of para-hydroxylation sites is 1. The van der Waals surface area contributed by atoms with Gasteiger partial charge < -0.3 is 10.1 Å². The molecule has 0 saturated heterocycles. The molecule has 0 radical (unpaired) electrons. The second kappa shape index (κ2) is 8.80. The van der Waals surface area contributed by atoms with Gasteiger partial charge in [-0.2, -0.15) is 0 Å². The van der Waals surface area contributed by atoms with Crippen molar-refractivity contribution < 1.29 is 9.53 Å². The van der Waals surface area contributed by atoms with Gasteiger partial charge in [0.05, 0.1) is 17.3 Å². The Bertz CT molecular complexity index is 1020. The number of thiocarbonyl (C=S) groups is 1. The van der Waals surface area contributed by atoms with Gasteiger partial charge in [-0.3, -0.25) is 15.1 Å². The molecule has 0 fully saturated rings. The molecule has 0 bridgehead atoms. The first-order chi connectivity index (χ1) is 13.5. The smallest absolute Gasteiger partial charge is 0.257 e. The van der Waals surface area contributed by atoms with E-state index < -0.39 is 0 Å². The lowest BCUT2D eigenvalue weighted by Crippen LogP contribution is -2.34. The maximum atomic E-state index is 12.6. The third-order valence-electron chi connectivity index (χ3n) is 4.34. The number of aromatic nitrogens is 1. The number of hydrogen-bond donors (Lipinski definition) is 2. The second-order valence-electron chi connectivity index (χ2n) is 6.60. The number of pyridine rings is 1. The lowest BCUT2D eigenvalue weighted by atomic mass is 10.2. The lowest BCUT2D eigenvalue weighted by Gasteiger charge is -2.14. The summed E-state index contributed by atoms with van der Waals surface area (Å²) in [6, 6.07) is 16.8. The van der Waals surface area contributed by atoms with Gasteiger partial charge in [0.25, 0.3) is 5.91 Å². The molecule has 5 nitrogen and oxygen atoms in total. The molecule has 2 N–H and O–H groups in total. The Kier molecular flexibility index (Phi) is 6.21. The summed E-state index contributed by atoms with van der Waals surface area (Å²) >= 11 is 5.33. The van der Waals surface area contributed by atoms with E-state index in [0.29, 0.717) is 11.3 Å². The van der Waals surface area contributed by atoms with Gasteiger partial charge in [0.2, 0.25) is 0 Å². The fraction of sp³-hybridized carbons (Fsp3) is 0.227. The number of carbonyl (C=O) groups excluding carboxylic acids is 1. The Labute approximate surface area is 170 Å². The Hall–Kier alpha value is -2.99. The molecule has 0 aliphatic carbocycles. The summed E-state index contributed by atoms with van der Waals surface area (Å²) in [7, 11) is 0. The molecule has 1 heterocycles. The summed E-state index contributed by atoms with van der Waals surface area (Å²) in [5.41, 5.74) is 2.95. The van der Waals surface area contributed by atoms with E-state index in [9.17, 15) is 4.79 Å². The van der Waals surface area contributed by atoms with Crippen LogP contribution in [0, 0.1) is 6.92 Å². The normalized spacial score (nSPS) is 11.7. The molecule has 2 aromatic carbocycles. The Morgan fingerprint density at radius 2 is 1.96 bits per heavy atom. The average molecular weight is 394 g/mol. The molecule has 1 amide bonds. The summed E-state index contributed by atoms with van der Waals surface area (Å²) in [4.78, 5) is 17.1. The van der Waals surface area contributed by atoms with Gasteiger partial charge in [0.15, 0.2) is 5.11 Å². The van der Waals surface area contributed by atoms with Crippen molar-refractivity contribution in [3.05, 3.63) is 65.9 Å². The van der Waals surface area contributed by atoms with Gasteiger partial charge in [0.1, 0.15) is 5.75 Å². The van der Waals surface area contributed by atoms with Crippen LogP contribution < -0.4 is 15.4 Å². The zero-order chi connectivity index (χ0) is 20.1. The van der Waals surface area contributed by atoms with Crippen LogP contribution in [0.5, 0.6) is 5.75 Å². The Morgan fingerprint density at radius 3 is 2.75 bits per heavy atom. The van der Waals surface area contributed by atoms with Crippen LogP contribution in [0.2, 0.25) is 0 Å². The highest BCUT2D eigenvalue weighted by Gasteiger charge is 2.11. The summed E-state index contributed by atoms with van der Waals surface area (Å²) in [6.07, 6.45) is 0.978. The van der Waals surface area contributed by atoms with Crippen LogP contribution >= 0.6 is 12.2 Å². The zero-order valence-corrected chi connectivity index (χ0v) is 17.0. The molecule has 0 saturated carbocycles. The van der Waals surface area contributed by atoms with Gasteiger partial charge in [0, 0.05) is 16.6 Å². The molecule has 3 rings (SSSR count). The van der Waals surface area contributed by atoms with E-state index in [1.54, 1.807) is 18.2 Å². The van der Waals surface area contributed by atoms with Gasteiger partial charge in [-0.25, -0.2) is 0 Å². The highest BCUT2D eigenvalue weighted by Crippen LogP contribution is 2.22. The Balaban J connectivity index is 1.71. The fourth-order valence-electron chi connectivity index (χ4n) is 2.70. The van der Waals surface area contributed by atoms with Crippen LogP contribution in [0.25, 0.3) is 10.9 Å². The van der Waals surface area contributed by atoms with Crippen molar-refractivity contribution in [3.8, 4) is 5.75 Å². The number of benzene rings is 2. The molecule has 144 valence electrons.